The fourth-order valence-corrected chi connectivity index (χ4v) is 3.75. The van der Waals surface area contributed by atoms with Gasteiger partial charge in [0.2, 0.25) is 0 Å². The molecule has 1 aromatic heterocycles. The van der Waals surface area contributed by atoms with Crippen LogP contribution in [0.5, 0.6) is 0 Å². The lowest BCUT2D eigenvalue weighted by Gasteiger charge is -2.36. The van der Waals surface area contributed by atoms with E-state index in [0.717, 1.165) is 54.9 Å². The number of aromatic nitrogens is 2. The predicted octanol–water partition coefficient (Wildman–Crippen LogP) is 4.44. The van der Waals surface area contributed by atoms with Crippen LogP contribution >= 0.6 is 0 Å². The summed E-state index contributed by atoms with van der Waals surface area (Å²) < 4.78 is 59.2. The zero-order valence-corrected chi connectivity index (χ0v) is 19.1. The summed E-state index contributed by atoms with van der Waals surface area (Å²) in [5.41, 5.74) is 2.17. The van der Waals surface area contributed by atoms with Crippen LogP contribution in [0.15, 0.2) is 42.5 Å². The van der Waals surface area contributed by atoms with Gasteiger partial charge in [-0.1, -0.05) is 12.1 Å². The van der Waals surface area contributed by atoms with E-state index in [-0.39, 0.29) is 5.82 Å². The first-order chi connectivity index (χ1) is 17.1. The third kappa shape index (κ3) is 6.56. The lowest BCUT2D eigenvalue weighted by Crippen LogP contribution is -2.46. The summed E-state index contributed by atoms with van der Waals surface area (Å²) in [5.74, 6) is -1.79. The van der Waals surface area contributed by atoms with E-state index < -0.39 is 18.0 Å². The number of piperazine rings is 1. The molecule has 1 saturated carbocycles. The van der Waals surface area contributed by atoms with Crippen LogP contribution < -0.4 is 10.2 Å². The van der Waals surface area contributed by atoms with Crippen LogP contribution in [0.3, 0.4) is 0 Å². The van der Waals surface area contributed by atoms with Gasteiger partial charge in [-0.05, 0) is 43.2 Å². The standard InChI is InChI=1S/C22H23F2N5.C2HF3O2/c23-16-5-8-18(24)15(13-16)14-28-9-11-29(12-10-28)22-21(25-17-6-7-17)26-19-3-1-2-4-20(19)27-22;3-2(4,5)1(6)7/h1-5,8,13,17H,6-7,9-12,14H2,(H,25,26);(H,6,7). The number of alkyl halides is 3. The van der Waals surface area contributed by atoms with Crippen LogP contribution in [0.25, 0.3) is 11.0 Å². The van der Waals surface area contributed by atoms with Gasteiger partial charge >= 0.3 is 12.1 Å². The molecule has 0 atom stereocenters. The molecule has 1 saturated heterocycles. The van der Waals surface area contributed by atoms with Crippen molar-refractivity contribution in [3.8, 4) is 0 Å². The maximum absolute atomic E-state index is 14.0. The largest absolute Gasteiger partial charge is 0.490 e. The lowest BCUT2D eigenvalue weighted by molar-refractivity contribution is -0.192. The van der Waals surface area contributed by atoms with Gasteiger partial charge in [-0.25, -0.2) is 23.5 Å². The van der Waals surface area contributed by atoms with Crippen molar-refractivity contribution in [2.45, 2.75) is 31.6 Å². The summed E-state index contributed by atoms with van der Waals surface area (Å²) in [6.45, 7) is 3.46. The average molecular weight is 509 g/mol. The number of hydrogen-bond acceptors (Lipinski definition) is 6. The molecule has 5 rings (SSSR count). The topological polar surface area (TPSA) is 81.6 Å². The van der Waals surface area contributed by atoms with Crippen molar-refractivity contribution in [3.05, 3.63) is 59.7 Å². The predicted molar refractivity (Wildman–Crippen MR) is 124 cm³/mol. The van der Waals surface area contributed by atoms with E-state index in [4.69, 9.17) is 19.9 Å². The number of carboxylic acids is 1. The first kappa shape index (κ1) is 25.5. The Morgan fingerprint density at radius 1 is 1.00 bits per heavy atom. The molecule has 0 unspecified atom stereocenters. The average Bonchev–Trinajstić information content (AvgIpc) is 3.65. The van der Waals surface area contributed by atoms with E-state index in [1.165, 1.54) is 25.0 Å². The first-order valence-corrected chi connectivity index (χ1v) is 11.3. The number of nitrogens with one attached hydrogen (secondary N) is 1. The number of nitrogens with zero attached hydrogens (tertiary/aromatic N) is 4. The van der Waals surface area contributed by atoms with Crippen LogP contribution in [0.4, 0.5) is 33.6 Å². The molecular formula is C24H24F5N5O2. The second-order valence-electron chi connectivity index (χ2n) is 8.60. The third-order valence-electron chi connectivity index (χ3n) is 5.79. The van der Waals surface area contributed by atoms with E-state index in [9.17, 15) is 22.0 Å². The zero-order chi connectivity index (χ0) is 25.9. The first-order valence-electron chi connectivity index (χ1n) is 11.3. The molecule has 12 heteroatoms. The normalized spacial score (nSPS) is 16.4. The Labute approximate surface area is 203 Å². The summed E-state index contributed by atoms with van der Waals surface area (Å²) in [7, 11) is 0. The Hall–Kier alpha value is -3.54. The molecule has 2 aliphatic rings. The maximum Gasteiger partial charge on any atom is 0.490 e. The minimum Gasteiger partial charge on any atom is -0.475 e. The number of fused-ring (bicyclic) bond motifs is 1. The van der Waals surface area contributed by atoms with Gasteiger partial charge < -0.3 is 15.3 Å². The molecule has 2 fully saturated rings. The number of carboxylic acid groups (broad SMARTS) is 1. The van der Waals surface area contributed by atoms with E-state index in [0.29, 0.717) is 18.2 Å². The third-order valence-corrected chi connectivity index (χ3v) is 5.79. The number of para-hydroxylation sites is 2. The molecule has 3 aromatic rings. The highest BCUT2D eigenvalue weighted by Gasteiger charge is 2.38. The van der Waals surface area contributed by atoms with E-state index >= 15 is 0 Å². The number of benzene rings is 2. The summed E-state index contributed by atoms with van der Waals surface area (Å²) >= 11 is 0. The van der Waals surface area contributed by atoms with Crippen LogP contribution in [0.1, 0.15) is 18.4 Å². The number of hydrogen-bond donors (Lipinski definition) is 2. The molecule has 0 bridgehead atoms. The van der Waals surface area contributed by atoms with Crippen molar-refractivity contribution in [2.24, 2.45) is 0 Å². The smallest absolute Gasteiger partial charge is 0.475 e. The number of aliphatic carboxylic acids is 1. The quantitative estimate of drug-likeness (QED) is 0.493. The molecule has 1 aliphatic heterocycles. The lowest BCUT2D eigenvalue weighted by atomic mass is 10.1. The zero-order valence-electron chi connectivity index (χ0n) is 19.1. The SMILES string of the molecule is Fc1ccc(F)c(CN2CCN(c3nc4ccccc4nc3NC3CC3)CC2)c1.O=C(O)C(F)(F)F. The highest BCUT2D eigenvalue weighted by atomic mass is 19.4. The Morgan fingerprint density at radius 3 is 2.19 bits per heavy atom. The number of carbonyl (C=O) groups is 1. The summed E-state index contributed by atoms with van der Waals surface area (Å²) in [6, 6.07) is 12.0. The molecule has 0 spiro atoms. The minimum atomic E-state index is -5.08. The van der Waals surface area contributed by atoms with Crippen molar-refractivity contribution >= 4 is 28.6 Å². The van der Waals surface area contributed by atoms with E-state index in [2.05, 4.69) is 15.1 Å². The Balaban J connectivity index is 0.000000384. The number of halogens is 5. The van der Waals surface area contributed by atoms with Gasteiger partial charge in [0.05, 0.1) is 11.0 Å². The molecule has 0 radical (unpaired) electrons. The van der Waals surface area contributed by atoms with Gasteiger partial charge in [-0.15, -0.1) is 0 Å². The van der Waals surface area contributed by atoms with Gasteiger partial charge in [0.25, 0.3) is 0 Å². The van der Waals surface area contributed by atoms with Crippen molar-refractivity contribution in [3.63, 3.8) is 0 Å². The van der Waals surface area contributed by atoms with Gasteiger partial charge in [0.15, 0.2) is 11.6 Å². The summed E-state index contributed by atoms with van der Waals surface area (Å²) in [4.78, 5) is 23.0. The number of anilines is 2. The van der Waals surface area contributed by atoms with Gasteiger partial charge in [-0.2, -0.15) is 13.2 Å². The molecule has 2 N–H and O–H groups in total. The van der Waals surface area contributed by atoms with Gasteiger partial charge in [0, 0.05) is 44.3 Å². The molecule has 0 amide bonds. The second kappa shape index (κ2) is 10.6. The highest BCUT2D eigenvalue weighted by molar-refractivity contribution is 5.80. The Bertz CT molecular complexity index is 1230. The molecule has 7 nitrogen and oxygen atoms in total. The summed E-state index contributed by atoms with van der Waals surface area (Å²) in [5, 5.41) is 10.6. The minimum absolute atomic E-state index is 0.356. The summed E-state index contributed by atoms with van der Waals surface area (Å²) in [6.07, 6.45) is -2.75. The van der Waals surface area contributed by atoms with Crippen LogP contribution in [-0.2, 0) is 11.3 Å². The highest BCUT2D eigenvalue weighted by Crippen LogP contribution is 2.31. The van der Waals surface area contributed by atoms with Crippen LogP contribution in [0.2, 0.25) is 0 Å². The monoisotopic (exact) mass is 509 g/mol. The Kier molecular flexibility index (Phi) is 7.53. The van der Waals surface area contributed by atoms with Gasteiger partial charge in [0.1, 0.15) is 11.6 Å². The van der Waals surface area contributed by atoms with Crippen LogP contribution in [0, 0.1) is 11.6 Å². The number of rotatable bonds is 5. The van der Waals surface area contributed by atoms with Gasteiger partial charge in [-0.3, -0.25) is 4.90 Å². The van der Waals surface area contributed by atoms with Crippen LogP contribution in [-0.4, -0.2) is 64.3 Å². The molecule has 2 aromatic carbocycles. The fraction of sp³-hybridized carbons (Fsp3) is 0.375. The molecule has 192 valence electrons. The van der Waals surface area contributed by atoms with Crippen molar-refractivity contribution < 1.29 is 31.9 Å². The molecule has 2 heterocycles. The molecule has 36 heavy (non-hydrogen) atoms. The van der Waals surface area contributed by atoms with E-state index in [1.54, 1.807) is 0 Å². The molecular weight excluding hydrogens is 485 g/mol. The fourth-order valence-electron chi connectivity index (χ4n) is 3.75. The van der Waals surface area contributed by atoms with Crippen molar-refractivity contribution in [1.29, 1.82) is 0 Å². The maximum atomic E-state index is 14.0. The van der Waals surface area contributed by atoms with Crippen molar-refractivity contribution in [2.75, 3.05) is 36.4 Å². The van der Waals surface area contributed by atoms with E-state index in [1.807, 2.05) is 24.3 Å². The van der Waals surface area contributed by atoms with Crippen molar-refractivity contribution in [1.82, 2.24) is 14.9 Å². The molecule has 1 aliphatic carbocycles. The second-order valence-corrected chi connectivity index (χ2v) is 8.60. The Morgan fingerprint density at radius 2 is 1.61 bits per heavy atom.